The second-order valence-electron chi connectivity index (χ2n) is 4.74. The summed E-state index contributed by atoms with van der Waals surface area (Å²) in [7, 11) is 3.79. The zero-order chi connectivity index (χ0) is 13.0. The van der Waals surface area contributed by atoms with E-state index in [1.165, 1.54) is 22.3 Å². The number of ether oxygens (including phenoxy) is 1. The van der Waals surface area contributed by atoms with Gasteiger partial charge in [-0.2, -0.15) is 0 Å². The molecule has 0 aromatic heterocycles. The molecule has 0 amide bonds. The number of nitrogens with one attached hydrogen (secondary N) is 1. The first-order chi connectivity index (χ1) is 8.04. The average Bonchev–Trinajstić information content (AvgIpc) is 2.31. The lowest BCUT2D eigenvalue weighted by atomic mass is 9.92. The number of hydrogen-bond acceptors (Lipinski definition) is 2. The molecule has 0 saturated heterocycles. The fraction of sp³-hybridized carbons (Fsp3) is 0.600. The Morgan fingerprint density at radius 1 is 1.12 bits per heavy atom. The van der Waals surface area contributed by atoms with E-state index in [2.05, 4.69) is 45.1 Å². The Labute approximate surface area is 105 Å². The van der Waals surface area contributed by atoms with Crippen molar-refractivity contribution in [2.45, 2.75) is 46.3 Å². The van der Waals surface area contributed by atoms with Gasteiger partial charge >= 0.3 is 0 Å². The molecule has 0 aliphatic heterocycles. The predicted molar refractivity (Wildman–Crippen MR) is 73.5 cm³/mol. The quantitative estimate of drug-likeness (QED) is 0.845. The molecule has 1 N–H and O–H groups in total. The molecule has 0 radical (unpaired) electrons. The van der Waals surface area contributed by atoms with Crippen LogP contribution in [0.2, 0.25) is 0 Å². The fourth-order valence-corrected chi connectivity index (χ4v) is 2.40. The van der Waals surface area contributed by atoms with Gasteiger partial charge in [-0.3, -0.25) is 0 Å². The Morgan fingerprint density at radius 3 is 2.18 bits per heavy atom. The van der Waals surface area contributed by atoms with Crippen LogP contribution in [0.15, 0.2) is 12.1 Å². The molecule has 0 bridgehead atoms. The van der Waals surface area contributed by atoms with E-state index < -0.39 is 0 Å². The number of aryl methyl sites for hydroxylation is 3. The summed E-state index contributed by atoms with van der Waals surface area (Å²) in [5.41, 5.74) is 5.38. The molecule has 1 rings (SSSR count). The number of benzene rings is 1. The molecule has 2 atom stereocenters. The summed E-state index contributed by atoms with van der Waals surface area (Å²) in [5.74, 6) is 0. The Balaban J connectivity index is 3.15. The van der Waals surface area contributed by atoms with Crippen LogP contribution in [-0.2, 0) is 4.74 Å². The molecular weight excluding hydrogens is 210 g/mol. The van der Waals surface area contributed by atoms with Crippen LogP contribution in [-0.4, -0.2) is 20.3 Å². The van der Waals surface area contributed by atoms with Crippen LogP contribution < -0.4 is 5.32 Å². The third-order valence-corrected chi connectivity index (χ3v) is 3.61. The van der Waals surface area contributed by atoms with E-state index in [9.17, 15) is 0 Å². The molecule has 1 aromatic carbocycles. The van der Waals surface area contributed by atoms with Gasteiger partial charge in [0.05, 0.1) is 12.1 Å². The fourth-order valence-electron chi connectivity index (χ4n) is 2.40. The van der Waals surface area contributed by atoms with Gasteiger partial charge in [0, 0.05) is 7.11 Å². The maximum absolute atomic E-state index is 5.57. The van der Waals surface area contributed by atoms with Crippen molar-refractivity contribution in [1.29, 1.82) is 0 Å². The molecule has 1 aromatic rings. The SMILES string of the molecule is CCC(OC)C(NC)c1cc(C)c(C)cc1C. The summed E-state index contributed by atoms with van der Waals surface area (Å²) in [6, 6.07) is 4.81. The van der Waals surface area contributed by atoms with Crippen LogP contribution in [0, 0.1) is 20.8 Å². The minimum atomic E-state index is 0.223. The second kappa shape index (κ2) is 6.18. The van der Waals surface area contributed by atoms with Crippen molar-refractivity contribution in [1.82, 2.24) is 5.32 Å². The van der Waals surface area contributed by atoms with Gasteiger partial charge in [-0.05, 0) is 56.5 Å². The maximum Gasteiger partial charge on any atom is 0.0763 e. The standard InChI is InChI=1S/C15H25NO/c1-7-14(17-6)15(16-5)13-9-11(3)10(2)8-12(13)4/h8-9,14-16H,7H2,1-6H3. The highest BCUT2D eigenvalue weighted by atomic mass is 16.5. The van der Waals surface area contributed by atoms with Crippen LogP contribution in [0.3, 0.4) is 0 Å². The zero-order valence-corrected chi connectivity index (χ0v) is 11.9. The van der Waals surface area contributed by atoms with E-state index >= 15 is 0 Å². The van der Waals surface area contributed by atoms with Crippen LogP contribution in [0.25, 0.3) is 0 Å². The van der Waals surface area contributed by atoms with Gasteiger partial charge in [-0.25, -0.2) is 0 Å². The predicted octanol–water partition coefficient (Wildman–Crippen LogP) is 3.30. The normalized spacial score (nSPS) is 14.7. The van der Waals surface area contributed by atoms with Gasteiger partial charge in [-0.1, -0.05) is 19.1 Å². The molecule has 0 fully saturated rings. The minimum Gasteiger partial charge on any atom is -0.379 e. The minimum absolute atomic E-state index is 0.223. The first kappa shape index (κ1) is 14.2. The summed E-state index contributed by atoms with van der Waals surface area (Å²) >= 11 is 0. The van der Waals surface area contributed by atoms with Crippen molar-refractivity contribution in [3.8, 4) is 0 Å². The van der Waals surface area contributed by atoms with E-state index in [-0.39, 0.29) is 12.1 Å². The third kappa shape index (κ3) is 3.08. The Hall–Kier alpha value is -0.860. The molecular formula is C15H25NO. The van der Waals surface area contributed by atoms with Gasteiger partial charge < -0.3 is 10.1 Å². The average molecular weight is 235 g/mol. The molecule has 0 aliphatic carbocycles. The number of likely N-dealkylation sites (N-methyl/N-ethyl adjacent to an activating group) is 1. The molecule has 17 heavy (non-hydrogen) atoms. The maximum atomic E-state index is 5.57. The highest BCUT2D eigenvalue weighted by molar-refractivity contribution is 5.38. The Bertz CT molecular complexity index is 369. The lowest BCUT2D eigenvalue weighted by Crippen LogP contribution is -2.31. The molecule has 2 nitrogen and oxygen atoms in total. The summed E-state index contributed by atoms with van der Waals surface area (Å²) < 4.78 is 5.57. The molecule has 96 valence electrons. The lowest BCUT2D eigenvalue weighted by Gasteiger charge is -2.27. The van der Waals surface area contributed by atoms with Gasteiger partial charge in [0.2, 0.25) is 0 Å². The molecule has 0 aliphatic rings. The first-order valence-electron chi connectivity index (χ1n) is 6.32. The van der Waals surface area contributed by atoms with E-state index in [0.29, 0.717) is 0 Å². The topological polar surface area (TPSA) is 21.3 Å². The summed E-state index contributed by atoms with van der Waals surface area (Å²) in [6.45, 7) is 8.66. The van der Waals surface area contributed by atoms with Gasteiger partial charge in [0.25, 0.3) is 0 Å². The first-order valence-corrected chi connectivity index (χ1v) is 6.32. The van der Waals surface area contributed by atoms with Crippen LogP contribution in [0.1, 0.15) is 41.6 Å². The van der Waals surface area contributed by atoms with Crippen LogP contribution >= 0.6 is 0 Å². The third-order valence-electron chi connectivity index (χ3n) is 3.61. The van der Waals surface area contributed by atoms with Crippen molar-refractivity contribution >= 4 is 0 Å². The van der Waals surface area contributed by atoms with Crippen molar-refractivity contribution in [3.05, 3.63) is 34.4 Å². The van der Waals surface area contributed by atoms with Crippen molar-refractivity contribution < 1.29 is 4.74 Å². The van der Waals surface area contributed by atoms with Crippen molar-refractivity contribution in [3.63, 3.8) is 0 Å². The van der Waals surface area contributed by atoms with E-state index in [1.807, 2.05) is 7.05 Å². The van der Waals surface area contributed by atoms with Gasteiger partial charge in [-0.15, -0.1) is 0 Å². The summed E-state index contributed by atoms with van der Waals surface area (Å²) in [5, 5.41) is 3.38. The van der Waals surface area contributed by atoms with E-state index in [0.717, 1.165) is 6.42 Å². The number of methoxy groups -OCH3 is 1. The smallest absolute Gasteiger partial charge is 0.0763 e. The Kier molecular flexibility index (Phi) is 5.16. The van der Waals surface area contributed by atoms with E-state index in [4.69, 9.17) is 4.74 Å². The van der Waals surface area contributed by atoms with Gasteiger partial charge in [0.1, 0.15) is 0 Å². The Morgan fingerprint density at radius 2 is 1.71 bits per heavy atom. The largest absolute Gasteiger partial charge is 0.379 e. The molecule has 0 heterocycles. The second-order valence-corrected chi connectivity index (χ2v) is 4.74. The van der Waals surface area contributed by atoms with Crippen LogP contribution in [0.5, 0.6) is 0 Å². The number of hydrogen-bond donors (Lipinski definition) is 1. The monoisotopic (exact) mass is 235 g/mol. The van der Waals surface area contributed by atoms with Crippen molar-refractivity contribution in [2.75, 3.05) is 14.2 Å². The molecule has 0 saturated carbocycles. The van der Waals surface area contributed by atoms with Crippen molar-refractivity contribution in [2.24, 2.45) is 0 Å². The molecule has 0 spiro atoms. The highest BCUT2D eigenvalue weighted by Gasteiger charge is 2.21. The van der Waals surface area contributed by atoms with Crippen LogP contribution in [0.4, 0.5) is 0 Å². The van der Waals surface area contributed by atoms with E-state index in [1.54, 1.807) is 7.11 Å². The molecule has 2 heteroatoms. The summed E-state index contributed by atoms with van der Waals surface area (Å²) in [4.78, 5) is 0. The highest BCUT2D eigenvalue weighted by Crippen LogP contribution is 2.26. The number of rotatable bonds is 5. The lowest BCUT2D eigenvalue weighted by molar-refractivity contribution is 0.0673. The summed E-state index contributed by atoms with van der Waals surface area (Å²) in [6.07, 6.45) is 1.23. The molecule has 2 unspecified atom stereocenters. The zero-order valence-electron chi connectivity index (χ0n) is 11.9. The van der Waals surface area contributed by atoms with Gasteiger partial charge in [0.15, 0.2) is 0 Å².